The maximum absolute atomic E-state index is 13.7. The smallest absolute Gasteiger partial charge is 0.254 e. The maximum atomic E-state index is 13.7. The molecule has 0 bridgehead atoms. The lowest BCUT2D eigenvalue weighted by molar-refractivity contribution is -0.125. The average molecular weight is 569 g/mol. The van der Waals surface area contributed by atoms with E-state index >= 15 is 0 Å². The van der Waals surface area contributed by atoms with Crippen LogP contribution in [0.25, 0.3) is 0 Å². The number of halogens is 1. The molecular formula is C31H41FN4O5. The molecule has 1 aliphatic heterocycles. The number of ether oxygens (including phenoxy) is 2. The molecule has 1 aliphatic carbocycles. The summed E-state index contributed by atoms with van der Waals surface area (Å²) >= 11 is 0. The van der Waals surface area contributed by atoms with E-state index in [0.29, 0.717) is 49.4 Å². The van der Waals surface area contributed by atoms with Crippen molar-refractivity contribution < 1.29 is 28.2 Å². The van der Waals surface area contributed by atoms with Crippen molar-refractivity contribution in [2.24, 2.45) is 17.6 Å². The summed E-state index contributed by atoms with van der Waals surface area (Å²) in [6.45, 7) is 1.92. The number of nitrogens with one attached hydrogen (secondary N) is 1. The first-order chi connectivity index (χ1) is 19.8. The number of methoxy groups -OCH3 is 2. The van der Waals surface area contributed by atoms with Crippen molar-refractivity contribution >= 4 is 17.7 Å². The zero-order chi connectivity index (χ0) is 29.4. The third-order valence-electron chi connectivity index (χ3n) is 8.30. The molecule has 1 saturated heterocycles. The second-order valence-electron chi connectivity index (χ2n) is 11.0. The van der Waals surface area contributed by atoms with Crippen molar-refractivity contribution in [3.63, 3.8) is 0 Å². The topological polar surface area (TPSA) is 114 Å². The van der Waals surface area contributed by atoms with Gasteiger partial charge in [-0.2, -0.15) is 0 Å². The molecule has 3 N–H and O–H groups in total. The summed E-state index contributed by atoms with van der Waals surface area (Å²) in [5.41, 5.74) is 6.65. The average Bonchev–Trinajstić information content (AvgIpc) is 3.45. The first-order valence-electron chi connectivity index (χ1n) is 14.3. The standard InChI is InChI=1S/C31H41FN4O5/c1-40-15-14-35(30(38)24-8-12-27(41-2)13-9-24)26-17-28(29(37)34-19-22-5-3-4-21(16-22)18-33)36(20-26)31(39)23-6-10-25(32)11-7-23/h6-13,21-22,26,28H,3-5,14-20,33H2,1-2H3,(H,34,37). The van der Waals surface area contributed by atoms with Crippen LogP contribution in [0.5, 0.6) is 5.75 Å². The zero-order valence-corrected chi connectivity index (χ0v) is 23.9. The number of hydrogen-bond acceptors (Lipinski definition) is 6. The molecule has 1 saturated carbocycles. The largest absolute Gasteiger partial charge is 0.497 e. The van der Waals surface area contributed by atoms with Gasteiger partial charge >= 0.3 is 0 Å². The Labute approximate surface area is 241 Å². The van der Waals surface area contributed by atoms with E-state index in [1.165, 1.54) is 29.2 Å². The second kappa shape index (κ2) is 14.4. The highest BCUT2D eigenvalue weighted by Gasteiger charge is 2.43. The van der Waals surface area contributed by atoms with E-state index in [1.54, 1.807) is 43.4 Å². The van der Waals surface area contributed by atoms with Crippen LogP contribution in [0.4, 0.5) is 4.39 Å². The van der Waals surface area contributed by atoms with Crippen LogP contribution >= 0.6 is 0 Å². The van der Waals surface area contributed by atoms with Crippen molar-refractivity contribution in [1.29, 1.82) is 0 Å². The van der Waals surface area contributed by atoms with Crippen LogP contribution in [-0.2, 0) is 9.53 Å². The first kappa shape index (κ1) is 30.5. The van der Waals surface area contributed by atoms with E-state index < -0.39 is 17.9 Å². The number of carbonyl (C=O) groups excluding carboxylic acids is 3. The van der Waals surface area contributed by atoms with Gasteiger partial charge in [0.05, 0.1) is 19.8 Å². The molecule has 4 atom stereocenters. The third-order valence-corrected chi connectivity index (χ3v) is 8.30. The van der Waals surface area contributed by atoms with Gasteiger partial charge < -0.3 is 30.3 Å². The highest BCUT2D eigenvalue weighted by molar-refractivity contribution is 5.99. The van der Waals surface area contributed by atoms with E-state index in [2.05, 4.69) is 5.32 Å². The summed E-state index contributed by atoms with van der Waals surface area (Å²) in [7, 11) is 3.12. The van der Waals surface area contributed by atoms with Crippen molar-refractivity contribution in [3.8, 4) is 5.75 Å². The molecule has 2 aromatic carbocycles. The Balaban J connectivity index is 1.55. The van der Waals surface area contributed by atoms with Gasteiger partial charge in [0.1, 0.15) is 17.6 Å². The van der Waals surface area contributed by atoms with Gasteiger partial charge in [-0.15, -0.1) is 0 Å². The SMILES string of the molecule is COCCN(C(=O)c1ccc(OC)cc1)C1CC(C(=O)NCC2CCCC(CN)C2)N(C(=O)c2ccc(F)cc2)C1. The fourth-order valence-electron chi connectivity index (χ4n) is 5.97. The molecular weight excluding hydrogens is 527 g/mol. The molecule has 0 aromatic heterocycles. The fourth-order valence-corrected chi connectivity index (χ4v) is 5.97. The number of likely N-dealkylation sites (tertiary alicyclic amines) is 1. The Bertz CT molecular complexity index is 1180. The van der Waals surface area contributed by atoms with E-state index in [0.717, 1.165) is 25.7 Å². The summed E-state index contributed by atoms with van der Waals surface area (Å²) < 4.78 is 24.1. The number of nitrogens with two attached hydrogens (primary N) is 1. The summed E-state index contributed by atoms with van der Waals surface area (Å²) in [5, 5.41) is 3.08. The van der Waals surface area contributed by atoms with Crippen molar-refractivity contribution in [1.82, 2.24) is 15.1 Å². The lowest BCUT2D eigenvalue weighted by Gasteiger charge is -2.29. The molecule has 222 valence electrons. The molecule has 10 heteroatoms. The lowest BCUT2D eigenvalue weighted by Crippen LogP contribution is -2.47. The second-order valence-corrected chi connectivity index (χ2v) is 11.0. The molecule has 4 unspecified atom stereocenters. The molecule has 2 aliphatic rings. The van der Waals surface area contributed by atoms with Crippen molar-refractivity contribution in [2.75, 3.05) is 47.0 Å². The lowest BCUT2D eigenvalue weighted by atomic mass is 9.81. The highest BCUT2D eigenvalue weighted by atomic mass is 19.1. The van der Waals surface area contributed by atoms with Crippen LogP contribution in [0.3, 0.4) is 0 Å². The molecule has 4 rings (SSSR count). The van der Waals surface area contributed by atoms with Crippen molar-refractivity contribution in [3.05, 3.63) is 65.5 Å². The Hall–Kier alpha value is -3.50. The van der Waals surface area contributed by atoms with Gasteiger partial charge in [0.15, 0.2) is 0 Å². The van der Waals surface area contributed by atoms with Crippen LogP contribution in [0.15, 0.2) is 48.5 Å². The van der Waals surface area contributed by atoms with Gasteiger partial charge in [-0.05, 0) is 92.6 Å². The van der Waals surface area contributed by atoms with Gasteiger partial charge in [-0.1, -0.05) is 6.42 Å². The minimum atomic E-state index is -0.778. The maximum Gasteiger partial charge on any atom is 0.254 e. The number of carbonyl (C=O) groups is 3. The van der Waals surface area contributed by atoms with Crippen molar-refractivity contribution in [2.45, 2.75) is 44.2 Å². The Kier molecular flexibility index (Phi) is 10.7. The normalized spacial score (nSPS) is 22.3. The monoisotopic (exact) mass is 568 g/mol. The Morgan fingerprint density at radius 1 is 1.00 bits per heavy atom. The molecule has 2 aromatic rings. The number of nitrogens with zero attached hydrogens (tertiary/aromatic N) is 2. The van der Waals surface area contributed by atoms with Crippen LogP contribution in [0, 0.1) is 17.7 Å². The highest BCUT2D eigenvalue weighted by Crippen LogP contribution is 2.29. The summed E-state index contributed by atoms with van der Waals surface area (Å²) in [6, 6.07) is 10.9. The minimum Gasteiger partial charge on any atom is -0.497 e. The number of hydrogen-bond donors (Lipinski definition) is 2. The van der Waals surface area contributed by atoms with Gasteiger partial charge in [-0.25, -0.2) is 4.39 Å². The van der Waals surface area contributed by atoms with Gasteiger partial charge in [0.2, 0.25) is 5.91 Å². The van der Waals surface area contributed by atoms with E-state index in [-0.39, 0.29) is 36.3 Å². The minimum absolute atomic E-state index is 0.165. The first-order valence-corrected chi connectivity index (χ1v) is 14.3. The summed E-state index contributed by atoms with van der Waals surface area (Å²) in [5.74, 6) is 0.146. The molecule has 3 amide bonds. The van der Waals surface area contributed by atoms with Crippen LogP contribution in [0.1, 0.15) is 52.8 Å². The predicted octanol–water partition coefficient (Wildman–Crippen LogP) is 3.09. The number of amides is 3. The quantitative estimate of drug-likeness (QED) is 0.431. The molecule has 1 heterocycles. The molecule has 9 nitrogen and oxygen atoms in total. The van der Waals surface area contributed by atoms with Gasteiger partial charge in [0, 0.05) is 37.9 Å². The molecule has 2 fully saturated rings. The summed E-state index contributed by atoms with van der Waals surface area (Å²) in [4.78, 5) is 44.1. The fraction of sp³-hybridized carbons (Fsp3) is 0.516. The number of rotatable bonds is 11. The van der Waals surface area contributed by atoms with Crippen LogP contribution in [-0.4, -0.2) is 86.6 Å². The zero-order valence-electron chi connectivity index (χ0n) is 23.9. The molecule has 0 radical (unpaired) electrons. The third kappa shape index (κ3) is 7.62. The van der Waals surface area contributed by atoms with E-state index in [1.807, 2.05) is 0 Å². The van der Waals surface area contributed by atoms with Gasteiger partial charge in [0.25, 0.3) is 11.8 Å². The molecule has 0 spiro atoms. The van der Waals surface area contributed by atoms with Crippen LogP contribution in [0.2, 0.25) is 0 Å². The molecule has 41 heavy (non-hydrogen) atoms. The summed E-state index contributed by atoms with van der Waals surface area (Å²) in [6.07, 6.45) is 4.49. The number of benzene rings is 2. The van der Waals surface area contributed by atoms with E-state index in [9.17, 15) is 18.8 Å². The Morgan fingerprint density at radius 2 is 1.68 bits per heavy atom. The van der Waals surface area contributed by atoms with E-state index in [4.69, 9.17) is 15.2 Å². The predicted molar refractivity (Wildman–Crippen MR) is 153 cm³/mol. The van der Waals surface area contributed by atoms with Gasteiger partial charge in [-0.3, -0.25) is 14.4 Å². The van der Waals surface area contributed by atoms with Crippen LogP contribution < -0.4 is 15.8 Å². The Morgan fingerprint density at radius 3 is 2.34 bits per heavy atom.